The molecule has 0 aromatic carbocycles. The van der Waals surface area contributed by atoms with Gasteiger partial charge in [-0.2, -0.15) is 0 Å². The lowest BCUT2D eigenvalue weighted by Gasteiger charge is -2.23. The largest absolute Gasteiger partial charge is 0.389 e. The maximum atomic E-state index is 9.48. The van der Waals surface area contributed by atoms with Gasteiger partial charge in [-0.05, 0) is 50.2 Å². The second-order valence-corrected chi connectivity index (χ2v) is 5.45. The molecule has 1 N–H and O–H groups in total. The minimum atomic E-state index is -0.422. The molecule has 2 aliphatic carbocycles. The molecule has 0 spiro atoms. The molecule has 1 aromatic heterocycles. The van der Waals surface area contributed by atoms with Gasteiger partial charge < -0.3 is 10.0 Å². The average molecular weight is 232 g/mol. The zero-order chi connectivity index (χ0) is 11.8. The highest BCUT2D eigenvalue weighted by molar-refractivity contribution is 5.42. The van der Waals surface area contributed by atoms with Crippen LogP contribution in [0.3, 0.4) is 0 Å². The van der Waals surface area contributed by atoms with Gasteiger partial charge in [0.2, 0.25) is 0 Å². The van der Waals surface area contributed by atoms with Crippen LogP contribution < -0.4 is 4.90 Å². The van der Waals surface area contributed by atoms with E-state index in [0.717, 1.165) is 23.3 Å². The summed E-state index contributed by atoms with van der Waals surface area (Å²) in [5, 5.41) is 9.48. The number of pyridine rings is 1. The minimum Gasteiger partial charge on any atom is -0.389 e. The third-order valence-corrected chi connectivity index (χ3v) is 3.69. The standard InChI is InChI=1S/C14H20N2O/c1-10(17)12-4-7-14(15-8-12)16(13-5-6-13)9-11-2-3-11/h4,7-8,10-11,13,17H,2-3,5-6,9H2,1H3/t10-/m1/s1. The van der Waals surface area contributed by atoms with Crippen molar-refractivity contribution in [1.82, 2.24) is 4.98 Å². The van der Waals surface area contributed by atoms with E-state index < -0.39 is 6.10 Å². The summed E-state index contributed by atoms with van der Waals surface area (Å²) in [6.07, 6.45) is 6.78. The number of aliphatic hydroxyl groups is 1. The van der Waals surface area contributed by atoms with Gasteiger partial charge in [-0.3, -0.25) is 0 Å². The fourth-order valence-corrected chi connectivity index (χ4v) is 2.21. The van der Waals surface area contributed by atoms with Crippen molar-refractivity contribution < 1.29 is 5.11 Å². The van der Waals surface area contributed by atoms with Crippen LogP contribution in [0.25, 0.3) is 0 Å². The number of rotatable bonds is 5. The summed E-state index contributed by atoms with van der Waals surface area (Å²) in [5.41, 5.74) is 0.899. The number of aliphatic hydroxyl groups excluding tert-OH is 1. The van der Waals surface area contributed by atoms with Gasteiger partial charge >= 0.3 is 0 Å². The number of hydrogen-bond donors (Lipinski definition) is 1. The van der Waals surface area contributed by atoms with Crippen molar-refractivity contribution in [2.24, 2.45) is 5.92 Å². The van der Waals surface area contributed by atoms with Crippen molar-refractivity contribution >= 4 is 5.82 Å². The topological polar surface area (TPSA) is 36.4 Å². The van der Waals surface area contributed by atoms with Crippen molar-refractivity contribution in [3.63, 3.8) is 0 Å². The highest BCUT2D eigenvalue weighted by Crippen LogP contribution is 2.37. The van der Waals surface area contributed by atoms with E-state index in [1.807, 2.05) is 12.3 Å². The molecule has 0 radical (unpaired) electrons. The minimum absolute atomic E-state index is 0.422. The fourth-order valence-electron chi connectivity index (χ4n) is 2.21. The molecule has 3 nitrogen and oxygen atoms in total. The van der Waals surface area contributed by atoms with Crippen molar-refractivity contribution in [3.8, 4) is 0 Å². The van der Waals surface area contributed by atoms with E-state index in [1.165, 1.54) is 32.2 Å². The van der Waals surface area contributed by atoms with Gasteiger partial charge in [0.15, 0.2) is 0 Å². The van der Waals surface area contributed by atoms with Crippen LogP contribution in [-0.2, 0) is 0 Å². The fraction of sp³-hybridized carbons (Fsp3) is 0.643. The monoisotopic (exact) mass is 232 g/mol. The molecule has 1 heterocycles. The normalized spacial score (nSPS) is 21.3. The SMILES string of the molecule is C[C@@H](O)c1ccc(N(CC2CC2)C2CC2)nc1. The van der Waals surface area contributed by atoms with Crippen molar-refractivity contribution in [2.75, 3.05) is 11.4 Å². The Bertz CT molecular complexity index is 380. The van der Waals surface area contributed by atoms with Gasteiger partial charge in [-0.25, -0.2) is 4.98 Å². The molecule has 92 valence electrons. The van der Waals surface area contributed by atoms with Crippen LogP contribution in [0.1, 0.15) is 44.3 Å². The van der Waals surface area contributed by atoms with E-state index in [-0.39, 0.29) is 0 Å². The molecule has 0 amide bonds. The molecule has 3 heteroatoms. The Morgan fingerprint density at radius 3 is 2.59 bits per heavy atom. The zero-order valence-electron chi connectivity index (χ0n) is 10.3. The summed E-state index contributed by atoms with van der Waals surface area (Å²) in [4.78, 5) is 6.97. The quantitative estimate of drug-likeness (QED) is 0.847. The van der Waals surface area contributed by atoms with Crippen molar-refractivity contribution in [2.45, 2.75) is 44.8 Å². The molecule has 2 fully saturated rings. The summed E-state index contributed by atoms with van der Waals surface area (Å²) in [5.74, 6) is 1.98. The number of aromatic nitrogens is 1. The van der Waals surface area contributed by atoms with Gasteiger partial charge in [0, 0.05) is 18.8 Å². The van der Waals surface area contributed by atoms with Crippen LogP contribution in [0.5, 0.6) is 0 Å². The summed E-state index contributed by atoms with van der Waals surface area (Å²) in [7, 11) is 0. The van der Waals surface area contributed by atoms with Gasteiger partial charge in [0.1, 0.15) is 5.82 Å². The van der Waals surface area contributed by atoms with Crippen molar-refractivity contribution in [1.29, 1.82) is 0 Å². The average Bonchev–Trinajstić information content (AvgIpc) is 3.18. The van der Waals surface area contributed by atoms with Crippen LogP contribution >= 0.6 is 0 Å². The zero-order valence-corrected chi connectivity index (χ0v) is 10.3. The van der Waals surface area contributed by atoms with E-state index in [2.05, 4.69) is 16.0 Å². The summed E-state index contributed by atoms with van der Waals surface area (Å²) >= 11 is 0. The number of anilines is 1. The van der Waals surface area contributed by atoms with E-state index in [0.29, 0.717) is 0 Å². The van der Waals surface area contributed by atoms with Crippen molar-refractivity contribution in [3.05, 3.63) is 23.9 Å². The molecular formula is C14H20N2O. The lowest BCUT2D eigenvalue weighted by molar-refractivity contribution is 0.199. The Kier molecular flexibility index (Phi) is 2.79. The van der Waals surface area contributed by atoms with E-state index in [9.17, 15) is 5.11 Å². The molecule has 0 saturated heterocycles. The first-order chi connectivity index (χ1) is 8.24. The highest BCUT2D eigenvalue weighted by atomic mass is 16.3. The van der Waals surface area contributed by atoms with Gasteiger partial charge in [-0.1, -0.05) is 6.07 Å². The predicted octanol–water partition coefficient (Wildman–Crippen LogP) is 2.51. The molecule has 0 unspecified atom stereocenters. The van der Waals surface area contributed by atoms with E-state index in [4.69, 9.17) is 0 Å². The molecule has 0 bridgehead atoms. The molecule has 0 aliphatic heterocycles. The third-order valence-electron chi connectivity index (χ3n) is 3.69. The molecule has 3 rings (SSSR count). The van der Waals surface area contributed by atoms with E-state index >= 15 is 0 Å². The second kappa shape index (κ2) is 4.30. The summed E-state index contributed by atoms with van der Waals surface area (Å²) in [6.45, 7) is 2.95. The Morgan fingerprint density at radius 1 is 1.35 bits per heavy atom. The molecule has 1 aromatic rings. The Hall–Kier alpha value is -1.09. The first kappa shape index (κ1) is 11.0. The maximum absolute atomic E-state index is 9.48. The first-order valence-corrected chi connectivity index (χ1v) is 6.64. The molecule has 2 saturated carbocycles. The Balaban J connectivity index is 1.75. The lowest BCUT2D eigenvalue weighted by Crippen LogP contribution is -2.28. The Morgan fingerprint density at radius 2 is 2.12 bits per heavy atom. The molecule has 1 atom stereocenters. The van der Waals surface area contributed by atoms with Gasteiger partial charge in [0.05, 0.1) is 6.10 Å². The van der Waals surface area contributed by atoms with Crippen LogP contribution in [0.2, 0.25) is 0 Å². The number of hydrogen-bond acceptors (Lipinski definition) is 3. The van der Waals surface area contributed by atoms with Crippen LogP contribution in [0, 0.1) is 5.92 Å². The van der Waals surface area contributed by atoms with Gasteiger partial charge in [-0.15, -0.1) is 0 Å². The smallest absolute Gasteiger partial charge is 0.128 e. The number of nitrogens with zero attached hydrogens (tertiary/aromatic N) is 2. The third kappa shape index (κ3) is 2.60. The lowest BCUT2D eigenvalue weighted by atomic mass is 10.2. The van der Waals surface area contributed by atoms with E-state index in [1.54, 1.807) is 6.92 Å². The van der Waals surface area contributed by atoms with Crippen LogP contribution in [0.15, 0.2) is 18.3 Å². The van der Waals surface area contributed by atoms with Crippen LogP contribution in [-0.4, -0.2) is 22.7 Å². The summed E-state index contributed by atoms with van der Waals surface area (Å²) in [6, 6.07) is 4.78. The molecule has 17 heavy (non-hydrogen) atoms. The second-order valence-electron chi connectivity index (χ2n) is 5.45. The Labute approximate surface area is 102 Å². The van der Waals surface area contributed by atoms with Gasteiger partial charge in [0.25, 0.3) is 0 Å². The maximum Gasteiger partial charge on any atom is 0.128 e. The van der Waals surface area contributed by atoms with Crippen LogP contribution in [0.4, 0.5) is 5.82 Å². The summed E-state index contributed by atoms with van der Waals surface area (Å²) < 4.78 is 0. The molecular weight excluding hydrogens is 212 g/mol. The first-order valence-electron chi connectivity index (χ1n) is 6.64. The predicted molar refractivity (Wildman–Crippen MR) is 68.0 cm³/mol. The molecule has 2 aliphatic rings. The highest BCUT2D eigenvalue weighted by Gasteiger charge is 2.34.